The molecule has 0 unspecified atom stereocenters. The number of aromatic nitrogens is 3. The van der Waals surface area contributed by atoms with Gasteiger partial charge in [-0.1, -0.05) is 11.2 Å². The van der Waals surface area contributed by atoms with Crippen molar-refractivity contribution in [3.63, 3.8) is 0 Å². The molecule has 20 heavy (non-hydrogen) atoms. The first-order valence-electron chi connectivity index (χ1n) is 7.32. The van der Waals surface area contributed by atoms with Crippen LogP contribution in [0.25, 0.3) is 0 Å². The fourth-order valence-corrected chi connectivity index (χ4v) is 2.63. The molecule has 3 rings (SSSR count). The third-order valence-corrected chi connectivity index (χ3v) is 3.80. The molecule has 1 aliphatic rings. The van der Waals surface area contributed by atoms with E-state index >= 15 is 0 Å². The highest BCUT2D eigenvalue weighted by molar-refractivity contribution is 5.09. The average molecular weight is 272 g/mol. The van der Waals surface area contributed by atoms with Gasteiger partial charge in [-0.2, -0.15) is 4.98 Å². The van der Waals surface area contributed by atoms with E-state index in [-0.39, 0.29) is 0 Å². The minimum atomic E-state index is 0.637. The van der Waals surface area contributed by atoms with Crippen molar-refractivity contribution in [2.45, 2.75) is 32.1 Å². The van der Waals surface area contributed by atoms with E-state index < -0.39 is 0 Å². The predicted octanol–water partition coefficient (Wildman–Crippen LogP) is 1.99. The van der Waals surface area contributed by atoms with Gasteiger partial charge in [0.05, 0.1) is 6.42 Å². The van der Waals surface area contributed by atoms with E-state index in [0.29, 0.717) is 6.42 Å². The van der Waals surface area contributed by atoms with Gasteiger partial charge in [0.15, 0.2) is 5.82 Å². The van der Waals surface area contributed by atoms with Crippen LogP contribution in [0, 0.1) is 5.92 Å². The molecule has 1 fully saturated rings. The monoisotopic (exact) mass is 272 g/mol. The van der Waals surface area contributed by atoms with Crippen LogP contribution in [0.15, 0.2) is 28.9 Å². The first-order valence-corrected chi connectivity index (χ1v) is 7.32. The molecule has 0 bridgehead atoms. The standard InChI is InChI=1S/C15H20N4O/c1-2-8-17-13(3-1)11-14-18-15(20-19-14)5-4-12-6-9-16-10-7-12/h1-3,8,12,16H,4-7,9-11H2. The highest BCUT2D eigenvalue weighted by atomic mass is 16.5. The zero-order valence-corrected chi connectivity index (χ0v) is 11.6. The van der Waals surface area contributed by atoms with Gasteiger partial charge in [-0.05, 0) is 50.4 Å². The normalized spacial score (nSPS) is 16.4. The van der Waals surface area contributed by atoms with Crippen molar-refractivity contribution in [3.05, 3.63) is 41.8 Å². The van der Waals surface area contributed by atoms with Crippen molar-refractivity contribution in [1.29, 1.82) is 0 Å². The zero-order valence-electron chi connectivity index (χ0n) is 11.6. The third kappa shape index (κ3) is 3.63. The Labute approximate surface area is 118 Å². The molecular formula is C15H20N4O. The molecule has 1 aliphatic heterocycles. The quantitative estimate of drug-likeness (QED) is 0.901. The zero-order chi connectivity index (χ0) is 13.6. The van der Waals surface area contributed by atoms with Crippen LogP contribution in [0.1, 0.15) is 36.7 Å². The number of hydrogen-bond acceptors (Lipinski definition) is 5. The maximum absolute atomic E-state index is 5.32. The van der Waals surface area contributed by atoms with Gasteiger partial charge >= 0.3 is 0 Å². The minimum absolute atomic E-state index is 0.637. The van der Waals surface area contributed by atoms with E-state index in [4.69, 9.17) is 4.52 Å². The molecule has 0 amide bonds. The fraction of sp³-hybridized carbons (Fsp3) is 0.533. The second-order valence-electron chi connectivity index (χ2n) is 5.33. The van der Waals surface area contributed by atoms with E-state index in [1.807, 2.05) is 18.2 Å². The van der Waals surface area contributed by atoms with E-state index in [1.54, 1.807) is 6.20 Å². The fourth-order valence-electron chi connectivity index (χ4n) is 2.63. The van der Waals surface area contributed by atoms with Gasteiger partial charge in [0.1, 0.15) is 0 Å². The topological polar surface area (TPSA) is 63.8 Å². The Hall–Kier alpha value is -1.75. The van der Waals surface area contributed by atoms with Crippen LogP contribution in [0.4, 0.5) is 0 Å². The smallest absolute Gasteiger partial charge is 0.226 e. The molecule has 0 atom stereocenters. The lowest BCUT2D eigenvalue weighted by molar-refractivity contribution is 0.323. The van der Waals surface area contributed by atoms with Crippen LogP contribution < -0.4 is 5.32 Å². The molecule has 0 aromatic carbocycles. The van der Waals surface area contributed by atoms with Crippen molar-refractivity contribution in [2.24, 2.45) is 5.92 Å². The molecular weight excluding hydrogens is 252 g/mol. The summed E-state index contributed by atoms with van der Waals surface area (Å²) in [5.74, 6) is 2.28. The summed E-state index contributed by atoms with van der Waals surface area (Å²) in [7, 11) is 0. The van der Waals surface area contributed by atoms with Crippen molar-refractivity contribution in [2.75, 3.05) is 13.1 Å². The summed E-state index contributed by atoms with van der Waals surface area (Å²) in [6.07, 6.45) is 6.97. The molecule has 2 aromatic heterocycles. The van der Waals surface area contributed by atoms with Gasteiger partial charge in [-0.15, -0.1) is 0 Å². The number of nitrogens with zero attached hydrogens (tertiary/aromatic N) is 3. The number of hydrogen-bond donors (Lipinski definition) is 1. The van der Waals surface area contributed by atoms with Gasteiger partial charge < -0.3 is 9.84 Å². The molecule has 0 radical (unpaired) electrons. The molecule has 0 spiro atoms. The molecule has 0 aliphatic carbocycles. The Kier molecular flexibility index (Phi) is 4.38. The van der Waals surface area contributed by atoms with Crippen molar-refractivity contribution >= 4 is 0 Å². The van der Waals surface area contributed by atoms with Gasteiger partial charge in [0.2, 0.25) is 5.89 Å². The van der Waals surface area contributed by atoms with Crippen LogP contribution in [0.3, 0.4) is 0 Å². The van der Waals surface area contributed by atoms with Crippen LogP contribution in [0.5, 0.6) is 0 Å². The Morgan fingerprint density at radius 1 is 1.25 bits per heavy atom. The van der Waals surface area contributed by atoms with Crippen LogP contribution >= 0.6 is 0 Å². The Morgan fingerprint density at radius 2 is 2.15 bits per heavy atom. The largest absolute Gasteiger partial charge is 0.339 e. The van der Waals surface area contributed by atoms with Crippen molar-refractivity contribution in [3.8, 4) is 0 Å². The molecule has 106 valence electrons. The maximum atomic E-state index is 5.32. The number of pyridine rings is 1. The van der Waals surface area contributed by atoms with Crippen molar-refractivity contribution < 1.29 is 4.52 Å². The molecule has 5 nitrogen and oxygen atoms in total. The summed E-state index contributed by atoms with van der Waals surface area (Å²) in [4.78, 5) is 8.73. The van der Waals surface area contributed by atoms with Crippen molar-refractivity contribution in [1.82, 2.24) is 20.4 Å². The average Bonchev–Trinajstić information content (AvgIpc) is 2.95. The van der Waals surface area contributed by atoms with E-state index in [2.05, 4.69) is 20.4 Å². The molecule has 5 heteroatoms. The summed E-state index contributed by atoms with van der Waals surface area (Å²) < 4.78 is 5.32. The number of piperidine rings is 1. The Balaban J connectivity index is 1.51. The molecule has 3 heterocycles. The first kappa shape index (κ1) is 13.2. The molecule has 1 N–H and O–H groups in total. The lowest BCUT2D eigenvalue weighted by Gasteiger charge is -2.21. The SMILES string of the molecule is c1ccc(Cc2noc(CCC3CCNCC3)n2)nc1. The van der Waals surface area contributed by atoms with E-state index in [1.165, 1.54) is 12.8 Å². The van der Waals surface area contributed by atoms with Crippen LogP contribution in [-0.2, 0) is 12.8 Å². The van der Waals surface area contributed by atoms with Crippen LogP contribution in [-0.4, -0.2) is 28.2 Å². The van der Waals surface area contributed by atoms with Crippen LogP contribution in [0.2, 0.25) is 0 Å². The minimum Gasteiger partial charge on any atom is -0.339 e. The summed E-state index contributed by atoms with van der Waals surface area (Å²) in [5.41, 5.74) is 0.971. The highest BCUT2D eigenvalue weighted by Crippen LogP contribution is 2.18. The number of rotatable bonds is 5. The lowest BCUT2D eigenvalue weighted by Crippen LogP contribution is -2.27. The lowest BCUT2D eigenvalue weighted by atomic mass is 9.93. The number of aryl methyl sites for hydroxylation is 1. The second kappa shape index (κ2) is 6.61. The first-order chi connectivity index (χ1) is 9.90. The summed E-state index contributed by atoms with van der Waals surface area (Å²) >= 11 is 0. The molecule has 2 aromatic rings. The second-order valence-corrected chi connectivity index (χ2v) is 5.33. The van der Waals surface area contributed by atoms with Gasteiger partial charge in [-0.25, -0.2) is 0 Å². The summed E-state index contributed by atoms with van der Waals surface area (Å²) in [6.45, 7) is 2.28. The third-order valence-electron chi connectivity index (χ3n) is 3.80. The summed E-state index contributed by atoms with van der Waals surface area (Å²) in [6, 6.07) is 5.86. The maximum Gasteiger partial charge on any atom is 0.226 e. The molecule has 1 saturated heterocycles. The number of nitrogens with one attached hydrogen (secondary N) is 1. The van der Waals surface area contributed by atoms with E-state index in [0.717, 1.165) is 49.3 Å². The van der Waals surface area contributed by atoms with Gasteiger partial charge in [0.25, 0.3) is 0 Å². The Morgan fingerprint density at radius 3 is 2.95 bits per heavy atom. The molecule has 0 saturated carbocycles. The predicted molar refractivity (Wildman–Crippen MR) is 75.3 cm³/mol. The summed E-state index contributed by atoms with van der Waals surface area (Å²) in [5, 5.41) is 7.42. The van der Waals surface area contributed by atoms with Gasteiger partial charge in [0, 0.05) is 18.3 Å². The van der Waals surface area contributed by atoms with E-state index in [9.17, 15) is 0 Å². The Bertz CT molecular complexity index is 520. The van der Waals surface area contributed by atoms with Gasteiger partial charge in [-0.3, -0.25) is 4.98 Å². The highest BCUT2D eigenvalue weighted by Gasteiger charge is 2.15.